The zero-order valence-corrected chi connectivity index (χ0v) is 10.00. The van der Waals surface area contributed by atoms with Gasteiger partial charge >= 0.3 is 0 Å². The minimum Gasteiger partial charge on any atom is -0.212 e. The summed E-state index contributed by atoms with van der Waals surface area (Å²) in [5, 5.41) is 0. The van der Waals surface area contributed by atoms with Crippen LogP contribution in [0.3, 0.4) is 0 Å². The third-order valence-electron chi connectivity index (χ3n) is 2.11. The molecule has 0 aliphatic rings. The lowest BCUT2D eigenvalue weighted by atomic mass is 10.2. The third-order valence-corrected chi connectivity index (χ3v) is 3.56. The van der Waals surface area contributed by atoms with Gasteiger partial charge in [-0.25, -0.2) is 13.1 Å². The van der Waals surface area contributed by atoms with E-state index in [2.05, 4.69) is 10.6 Å². The van der Waals surface area contributed by atoms with Crippen LogP contribution in [0.2, 0.25) is 0 Å². The molecule has 3 nitrogen and oxygen atoms in total. The standard InChI is InChI=1S/C12H15NO2S/c1-3-11(2)13-16(14,15)10-9-12-7-5-4-6-8-12/h1,4-8,11,13H,9-10H2,2H3. The van der Waals surface area contributed by atoms with E-state index in [-0.39, 0.29) is 5.75 Å². The Kier molecular flexibility index (Phi) is 4.53. The number of benzene rings is 1. The van der Waals surface area contributed by atoms with Crippen molar-refractivity contribution in [1.82, 2.24) is 4.72 Å². The second-order valence-electron chi connectivity index (χ2n) is 3.56. The maximum absolute atomic E-state index is 11.6. The van der Waals surface area contributed by atoms with E-state index in [1.54, 1.807) is 6.92 Å². The Morgan fingerprint density at radius 3 is 2.56 bits per heavy atom. The van der Waals surface area contributed by atoms with Gasteiger partial charge in [0.1, 0.15) is 0 Å². The summed E-state index contributed by atoms with van der Waals surface area (Å²) in [6.45, 7) is 1.64. The van der Waals surface area contributed by atoms with Gasteiger partial charge < -0.3 is 0 Å². The van der Waals surface area contributed by atoms with Crippen molar-refractivity contribution in [1.29, 1.82) is 0 Å². The lowest BCUT2D eigenvalue weighted by molar-refractivity contribution is 0.577. The van der Waals surface area contributed by atoms with Gasteiger partial charge in [-0.15, -0.1) is 6.42 Å². The summed E-state index contributed by atoms with van der Waals surface area (Å²) >= 11 is 0. The molecule has 1 aromatic rings. The average Bonchev–Trinajstić information content (AvgIpc) is 2.27. The SMILES string of the molecule is C#CC(C)NS(=O)(=O)CCc1ccccc1. The van der Waals surface area contributed by atoms with Crippen LogP contribution >= 0.6 is 0 Å². The highest BCUT2D eigenvalue weighted by Crippen LogP contribution is 2.01. The second-order valence-corrected chi connectivity index (χ2v) is 5.43. The van der Waals surface area contributed by atoms with E-state index in [1.807, 2.05) is 30.3 Å². The van der Waals surface area contributed by atoms with E-state index in [0.717, 1.165) is 5.56 Å². The molecule has 0 aromatic heterocycles. The van der Waals surface area contributed by atoms with Crippen LogP contribution < -0.4 is 4.72 Å². The van der Waals surface area contributed by atoms with Crippen LogP contribution in [-0.2, 0) is 16.4 Å². The van der Waals surface area contributed by atoms with Crippen molar-refractivity contribution in [2.75, 3.05) is 5.75 Å². The maximum Gasteiger partial charge on any atom is 0.213 e. The van der Waals surface area contributed by atoms with E-state index >= 15 is 0 Å². The van der Waals surface area contributed by atoms with Gasteiger partial charge in [-0.1, -0.05) is 36.3 Å². The minimum absolute atomic E-state index is 0.0586. The van der Waals surface area contributed by atoms with Gasteiger partial charge in [-0.3, -0.25) is 0 Å². The Morgan fingerprint density at radius 2 is 2.00 bits per heavy atom. The number of sulfonamides is 1. The van der Waals surface area contributed by atoms with Crippen LogP contribution in [0.4, 0.5) is 0 Å². The van der Waals surface area contributed by atoms with Crippen LogP contribution in [0.5, 0.6) is 0 Å². The maximum atomic E-state index is 11.6. The molecular formula is C12H15NO2S. The summed E-state index contributed by atoms with van der Waals surface area (Å²) in [6.07, 6.45) is 5.60. The monoisotopic (exact) mass is 237 g/mol. The molecule has 0 amide bonds. The molecule has 0 saturated carbocycles. The molecule has 0 spiro atoms. The molecule has 0 bridgehead atoms. The Hall–Kier alpha value is -1.31. The molecule has 16 heavy (non-hydrogen) atoms. The van der Waals surface area contributed by atoms with Crippen molar-refractivity contribution in [2.24, 2.45) is 0 Å². The van der Waals surface area contributed by atoms with Crippen LogP contribution in [0.15, 0.2) is 30.3 Å². The molecule has 0 heterocycles. The molecule has 0 fully saturated rings. The van der Waals surface area contributed by atoms with E-state index in [9.17, 15) is 8.42 Å². The molecule has 0 aliphatic carbocycles. The van der Waals surface area contributed by atoms with Crippen molar-refractivity contribution < 1.29 is 8.42 Å². The largest absolute Gasteiger partial charge is 0.213 e. The molecule has 86 valence electrons. The van der Waals surface area contributed by atoms with Crippen LogP contribution in [-0.4, -0.2) is 20.2 Å². The molecule has 1 N–H and O–H groups in total. The predicted molar refractivity (Wildman–Crippen MR) is 65.4 cm³/mol. The summed E-state index contributed by atoms with van der Waals surface area (Å²) < 4.78 is 25.5. The lowest BCUT2D eigenvalue weighted by Crippen LogP contribution is -2.33. The predicted octanol–water partition coefficient (Wildman–Crippen LogP) is 1.17. The number of aryl methyl sites for hydroxylation is 1. The van der Waals surface area contributed by atoms with Crippen LogP contribution in [0.25, 0.3) is 0 Å². The van der Waals surface area contributed by atoms with Crippen LogP contribution in [0, 0.1) is 12.3 Å². The van der Waals surface area contributed by atoms with Crippen molar-refractivity contribution in [3.05, 3.63) is 35.9 Å². The minimum atomic E-state index is -3.28. The fraction of sp³-hybridized carbons (Fsp3) is 0.333. The Bertz CT molecular complexity index is 460. The quantitative estimate of drug-likeness (QED) is 0.781. The molecule has 1 rings (SSSR count). The second kappa shape index (κ2) is 5.69. The van der Waals surface area contributed by atoms with Crippen molar-refractivity contribution in [3.63, 3.8) is 0 Å². The summed E-state index contributed by atoms with van der Waals surface area (Å²) in [5.74, 6) is 2.39. The highest BCUT2D eigenvalue weighted by atomic mass is 32.2. The van der Waals surface area contributed by atoms with Crippen molar-refractivity contribution >= 4 is 10.0 Å². The lowest BCUT2D eigenvalue weighted by Gasteiger charge is -2.08. The van der Waals surface area contributed by atoms with E-state index in [1.165, 1.54) is 0 Å². The first-order chi connectivity index (χ1) is 7.53. The Balaban J connectivity index is 2.53. The zero-order valence-electron chi connectivity index (χ0n) is 9.18. The Morgan fingerprint density at radius 1 is 1.38 bits per heavy atom. The van der Waals surface area contributed by atoms with Gasteiger partial charge in [0, 0.05) is 0 Å². The van der Waals surface area contributed by atoms with Gasteiger partial charge in [0.05, 0.1) is 11.8 Å². The summed E-state index contributed by atoms with van der Waals surface area (Å²) in [7, 11) is -3.28. The highest BCUT2D eigenvalue weighted by Gasteiger charge is 2.12. The summed E-state index contributed by atoms with van der Waals surface area (Å²) in [6, 6.07) is 9.02. The number of rotatable bonds is 5. The molecular weight excluding hydrogens is 222 g/mol. The smallest absolute Gasteiger partial charge is 0.212 e. The van der Waals surface area contributed by atoms with Crippen LogP contribution in [0.1, 0.15) is 12.5 Å². The first-order valence-corrected chi connectivity index (χ1v) is 6.69. The van der Waals surface area contributed by atoms with Gasteiger partial charge in [-0.05, 0) is 18.9 Å². The fourth-order valence-corrected chi connectivity index (χ4v) is 2.49. The van der Waals surface area contributed by atoms with Gasteiger partial charge in [0.25, 0.3) is 0 Å². The van der Waals surface area contributed by atoms with E-state index < -0.39 is 16.1 Å². The molecule has 0 saturated heterocycles. The molecule has 4 heteroatoms. The van der Waals surface area contributed by atoms with Gasteiger partial charge in [-0.2, -0.15) is 0 Å². The normalized spacial score (nSPS) is 13.0. The summed E-state index contributed by atoms with van der Waals surface area (Å²) in [5.41, 5.74) is 1.00. The molecule has 0 radical (unpaired) electrons. The van der Waals surface area contributed by atoms with E-state index in [0.29, 0.717) is 6.42 Å². The first kappa shape index (κ1) is 12.8. The van der Waals surface area contributed by atoms with Gasteiger partial charge in [0.15, 0.2) is 0 Å². The summed E-state index contributed by atoms with van der Waals surface area (Å²) in [4.78, 5) is 0. The number of hydrogen-bond donors (Lipinski definition) is 1. The molecule has 1 atom stereocenters. The molecule has 1 aromatic carbocycles. The first-order valence-electron chi connectivity index (χ1n) is 5.03. The third kappa shape index (κ3) is 4.47. The van der Waals surface area contributed by atoms with E-state index in [4.69, 9.17) is 6.42 Å². The van der Waals surface area contributed by atoms with Crippen molar-refractivity contribution in [2.45, 2.75) is 19.4 Å². The highest BCUT2D eigenvalue weighted by molar-refractivity contribution is 7.89. The molecule has 0 aliphatic heterocycles. The van der Waals surface area contributed by atoms with Crippen molar-refractivity contribution in [3.8, 4) is 12.3 Å². The number of nitrogens with one attached hydrogen (secondary N) is 1. The topological polar surface area (TPSA) is 46.2 Å². The zero-order chi connectivity index (χ0) is 12.0. The number of hydrogen-bond acceptors (Lipinski definition) is 2. The average molecular weight is 237 g/mol. The fourth-order valence-electron chi connectivity index (χ4n) is 1.26. The Labute approximate surface area is 96.9 Å². The van der Waals surface area contributed by atoms with Gasteiger partial charge in [0.2, 0.25) is 10.0 Å². The number of terminal acetylenes is 1. The molecule has 1 unspecified atom stereocenters.